The first-order valence-corrected chi connectivity index (χ1v) is 6.57. The van der Waals surface area contributed by atoms with Gasteiger partial charge in [-0.25, -0.2) is 0 Å². The lowest BCUT2D eigenvalue weighted by Crippen LogP contribution is -2.14. The molecule has 15 heavy (non-hydrogen) atoms. The minimum absolute atomic E-state index is 0.831. The summed E-state index contributed by atoms with van der Waals surface area (Å²) in [6.45, 7) is 2.15. The Labute approximate surface area is 103 Å². The van der Waals surface area contributed by atoms with Crippen molar-refractivity contribution in [3.63, 3.8) is 0 Å². The molecule has 0 aliphatic heterocycles. The number of anilines is 1. The molecule has 4 heteroatoms. The predicted molar refractivity (Wildman–Crippen MR) is 69.6 cm³/mol. The second kappa shape index (κ2) is 6.18. The predicted octanol–water partition coefficient (Wildman–Crippen LogP) is 3.54. The van der Waals surface area contributed by atoms with Gasteiger partial charge in [0.1, 0.15) is 0 Å². The summed E-state index contributed by atoms with van der Waals surface area (Å²) in [7, 11) is 1.77. The number of rotatable bonds is 5. The maximum absolute atomic E-state index is 10.7. The van der Waals surface area contributed by atoms with Crippen molar-refractivity contribution in [1.82, 2.24) is 0 Å². The summed E-state index contributed by atoms with van der Waals surface area (Å²) in [4.78, 5) is 13.5. The Morgan fingerprint density at radius 2 is 2.27 bits per heavy atom. The summed E-state index contributed by atoms with van der Waals surface area (Å²) >= 11 is 5.19. The Morgan fingerprint density at radius 3 is 2.87 bits per heavy atom. The molecule has 1 amide bonds. The first-order valence-electron chi connectivity index (χ1n) is 4.79. The molecule has 2 nitrogen and oxygen atoms in total. The molecule has 1 rings (SSSR count). The molecule has 0 atom stereocenters. The van der Waals surface area contributed by atoms with Gasteiger partial charge in [0.2, 0.25) is 6.41 Å². The number of carbonyl (C=O) groups is 1. The van der Waals surface area contributed by atoms with Crippen LogP contribution >= 0.6 is 27.7 Å². The van der Waals surface area contributed by atoms with Gasteiger partial charge >= 0.3 is 0 Å². The highest BCUT2D eigenvalue weighted by molar-refractivity contribution is 9.10. The summed E-state index contributed by atoms with van der Waals surface area (Å²) in [5, 5.41) is 0. The largest absolute Gasteiger partial charge is 0.317 e. The summed E-state index contributed by atoms with van der Waals surface area (Å²) in [6, 6.07) is 6.01. The van der Waals surface area contributed by atoms with Gasteiger partial charge in [-0.2, -0.15) is 0 Å². The lowest BCUT2D eigenvalue weighted by molar-refractivity contribution is -0.107. The quantitative estimate of drug-likeness (QED) is 0.610. The number of nitrogens with zero attached hydrogens (tertiary/aromatic N) is 1. The number of thioether (sulfide) groups is 1. The smallest absolute Gasteiger partial charge is 0.213 e. The molecule has 1 aromatic rings. The van der Waals surface area contributed by atoms with Gasteiger partial charge in [-0.15, -0.1) is 11.8 Å². The van der Waals surface area contributed by atoms with Gasteiger partial charge in [0, 0.05) is 16.4 Å². The third kappa shape index (κ3) is 3.54. The van der Waals surface area contributed by atoms with E-state index in [1.54, 1.807) is 23.7 Å². The van der Waals surface area contributed by atoms with Crippen molar-refractivity contribution in [3.05, 3.63) is 22.7 Å². The summed E-state index contributed by atoms with van der Waals surface area (Å²) < 4.78 is 0.993. The van der Waals surface area contributed by atoms with E-state index >= 15 is 0 Å². The van der Waals surface area contributed by atoms with E-state index in [1.165, 1.54) is 0 Å². The molecule has 0 radical (unpaired) electrons. The fourth-order valence-electron chi connectivity index (χ4n) is 1.16. The van der Waals surface area contributed by atoms with Gasteiger partial charge in [0.25, 0.3) is 0 Å². The lowest BCUT2D eigenvalue weighted by atomic mass is 10.3. The van der Waals surface area contributed by atoms with E-state index in [0.717, 1.165) is 33.6 Å². The van der Waals surface area contributed by atoms with Crippen LogP contribution in [0, 0.1) is 0 Å². The second-order valence-electron chi connectivity index (χ2n) is 3.18. The van der Waals surface area contributed by atoms with Gasteiger partial charge in [0.05, 0.1) is 5.69 Å². The highest BCUT2D eigenvalue weighted by atomic mass is 79.9. The lowest BCUT2D eigenvalue weighted by Gasteiger charge is -2.15. The van der Waals surface area contributed by atoms with Crippen LogP contribution in [0.2, 0.25) is 0 Å². The molecule has 0 saturated heterocycles. The highest BCUT2D eigenvalue weighted by Crippen LogP contribution is 2.32. The summed E-state index contributed by atoms with van der Waals surface area (Å²) in [5.74, 6) is 1.07. The maximum Gasteiger partial charge on any atom is 0.213 e. The minimum Gasteiger partial charge on any atom is -0.317 e. The standard InChI is InChI=1S/C11H14BrNOS/c1-3-6-15-11-5-4-9(12)7-10(11)13(2)8-14/h4-5,7-8H,3,6H2,1-2H3. The number of hydrogen-bond acceptors (Lipinski definition) is 2. The van der Waals surface area contributed by atoms with Crippen molar-refractivity contribution < 1.29 is 4.79 Å². The molecule has 0 saturated carbocycles. The minimum atomic E-state index is 0.831. The molecule has 0 aliphatic rings. The van der Waals surface area contributed by atoms with E-state index in [4.69, 9.17) is 0 Å². The normalized spacial score (nSPS) is 10.1. The van der Waals surface area contributed by atoms with Crippen LogP contribution < -0.4 is 4.90 Å². The topological polar surface area (TPSA) is 20.3 Å². The Bertz CT molecular complexity index is 343. The van der Waals surface area contributed by atoms with Crippen molar-refractivity contribution in [2.45, 2.75) is 18.2 Å². The van der Waals surface area contributed by atoms with Crippen LogP contribution in [0.3, 0.4) is 0 Å². The Balaban J connectivity index is 2.97. The average Bonchev–Trinajstić information content (AvgIpc) is 2.26. The van der Waals surface area contributed by atoms with E-state index < -0.39 is 0 Å². The number of halogens is 1. The maximum atomic E-state index is 10.7. The van der Waals surface area contributed by atoms with Crippen molar-refractivity contribution in [3.8, 4) is 0 Å². The van der Waals surface area contributed by atoms with Gasteiger partial charge in [0.15, 0.2) is 0 Å². The SMILES string of the molecule is CCCSc1ccc(Br)cc1N(C)C=O. The van der Waals surface area contributed by atoms with Crippen LogP contribution in [0.15, 0.2) is 27.6 Å². The number of carbonyl (C=O) groups excluding carboxylic acids is 1. The van der Waals surface area contributed by atoms with E-state index in [9.17, 15) is 4.79 Å². The van der Waals surface area contributed by atoms with Gasteiger partial charge < -0.3 is 4.90 Å². The van der Waals surface area contributed by atoms with Crippen LogP contribution in [0.25, 0.3) is 0 Å². The molecule has 0 spiro atoms. The fourth-order valence-corrected chi connectivity index (χ4v) is 2.45. The molecular weight excluding hydrogens is 274 g/mol. The first-order chi connectivity index (χ1) is 7.19. The second-order valence-corrected chi connectivity index (χ2v) is 5.23. The molecule has 0 heterocycles. The van der Waals surface area contributed by atoms with Crippen LogP contribution in [0.1, 0.15) is 13.3 Å². The summed E-state index contributed by atoms with van der Waals surface area (Å²) in [6.07, 6.45) is 1.96. The third-order valence-corrected chi connectivity index (χ3v) is 3.68. The molecule has 0 fully saturated rings. The molecule has 0 N–H and O–H groups in total. The van der Waals surface area contributed by atoms with Crippen LogP contribution in [0.5, 0.6) is 0 Å². The zero-order valence-electron chi connectivity index (χ0n) is 8.87. The molecule has 82 valence electrons. The van der Waals surface area contributed by atoms with Crippen LogP contribution in [0.4, 0.5) is 5.69 Å². The molecule has 1 aromatic carbocycles. The zero-order valence-corrected chi connectivity index (χ0v) is 11.3. The van der Waals surface area contributed by atoms with Crippen molar-refractivity contribution in [2.24, 2.45) is 0 Å². The molecular formula is C11H14BrNOS. The molecule has 0 unspecified atom stereocenters. The molecule has 0 aromatic heterocycles. The van der Waals surface area contributed by atoms with Gasteiger partial charge in [-0.05, 0) is 30.4 Å². The molecule has 0 aliphatic carbocycles. The Hall–Kier alpha value is -0.480. The average molecular weight is 288 g/mol. The van der Waals surface area contributed by atoms with Crippen LogP contribution in [-0.2, 0) is 4.79 Å². The summed E-state index contributed by atoms with van der Waals surface area (Å²) in [5.41, 5.74) is 0.956. The van der Waals surface area contributed by atoms with Crippen LogP contribution in [-0.4, -0.2) is 19.2 Å². The third-order valence-electron chi connectivity index (χ3n) is 1.92. The highest BCUT2D eigenvalue weighted by Gasteiger charge is 2.07. The monoisotopic (exact) mass is 287 g/mol. The van der Waals surface area contributed by atoms with E-state index in [2.05, 4.69) is 22.9 Å². The number of benzene rings is 1. The number of hydrogen-bond donors (Lipinski definition) is 0. The van der Waals surface area contributed by atoms with Gasteiger partial charge in [-0.1, -0.05) is 22.9 Å². The van der Waals surface area contributed by atoms with E-state index in [1.807, 2.05) is 18.2 Å². The van der Waals surface area contributed by atoms with Crippen molar-refractivity contribution in [1.29, 1.82) is 0 Å². The molecule has 0 bridgehead atoms. The van der Waals surface area contributed by atoms with E-state index in [0.29, 0.717) is 0 Å². The number of amides is 1. The fraction of sp³-hybridized carbons (Fsp3) is 0.364. The Morgan fingerprint density at radius 1 is 1.53 bits per heavy atom. The van der Waals surface area contributed by atoms with E-state index in [-0.39, 0.29) is 0 Å². The zero-order chi connectivity index (χ0) is 11.3. The van der Waals surface area contributed by atoms with Crippen molar-refractivity contribution >= 4 is 39.8 Å². The van der Waals surface area contributed by atoms with Gasteiger partial charge in [-0.3, -0.25) is 4.79 Å². The Kier molecular flexibility index (Phi) is 5.19. The van der Waals surface area contributed by atoms with Crippen molar-refractivity contribution in [2.75, 3.05) is 17.7 Å². The first kappa shape index (κ1) is 12.6.